The Morgan fingerprint density at radius 3 is 2.75 bits per heavy atom. The Balaban J connectivity index is 2.05. The SMILES string of the molecule is CCc1cc(CC2(O)CCCC(C(C)C)CC2)n(C)n1. The summed E-state index contributed by atoms with van der Waals surface area (Å²) in [6.45, 7) is 6.74. The van der Waals surface area contributed by atoms with Crippen LogP contribution in [0.2, 0.25) is 0 Å². The van der Waals surface area contributed by atoms with Gasteiger partial charge in [0.05, 0.1) is 11.3 Å². The van der Waals surface area contributed by atoms with E-state index in [0.29, 0.717) is 0 Å². The van der Waals surface area contributed by atoms with Crippen molar-refractivity contribution < 1.29 is 5.11 Å². The van der Waals surface area contributed by atoms with Crippen LogP contribution in [0.25, 0.3) is 0 Å². The molecule has 20 heavy (non-hydrogen) atoms. The smallest absolute Gasteiger partial charge is 0.0703 e. The lowest BCUT2D eigenvalue weighted by atomic mass is 9.86. The van der Waals surface area contributed by atoms with E-state index < -0.39 is 5.60 Å². The first-order valence-electron chi connectivity index (χ1n) is 8.17. The normalized spacial score (nSPS) is 27.8. The third-order valence-electron chi connectivity index (χ3n) is 5.04. The Hall–Kier alpha value is -0.830. The Bertz CT molecular complexity index is 438. The predicted octanol–water partition coefficient (Wildman–Crippen LogP) is 3.49. The summed E-state index contributed by atoms with van der Waals surface area (Å²) in [5.74, 6) is 1.52. The molecule has 0 spiro atoms. The van der Waals surface area contributed by atoms with Gasteiger partial charge in [-0.3, -0.25) is 4.68 Å². The number of hydrogen-bond donors (Lipinski definition) is 1. The monoisotopic (exact) mass is 278 g/mol. The maximum absolute atomic E-state index is 11.0. The molecule has 0 saturated heterocycles. The van der Waals surface area contributed by atoms with Crippen molar-refractivity contribution in [1.82, 2.24) is 9.78 Å². The first kappa shape index (κ1) is 15.6. The Morgan fingerprint density at radius 1 is 1.40 bits per heavy atom. The van der Waals surface area contributed by atoms with Gasteiger partial charge >= 0.3 is 0 Å². The van der Waals surface area contributed by atoms with Gasteiger partial charge in [-0.05, 0) is 43.6 Å². The second-order valence-corrected chi connectivity index (χ2v) is 6.94. The van der Waals surface area contributed by atoms with Crippen LogP contribution in [-0.2, 0) is 19.9 Å². The molecule has 114 valence electrons. The molecule has 0 aliphatic heterocycles. The molecule has 1 aliphatic rings. The lowest BCUT2D eigenvalue weighted by molar-refractivity contribution is 0.0220. The molecule has 3 nitrogen and oxygen atoms in total. The summed E-state index contributed by atoms with van der Waals surface area (Å²) in [7, 11) is 1.99. The fourth-order valence-electron chi connectivity index (χ4n) is 3.51. The van der Waals surface area contributed by atoms with Crippen molar-refractivity contribution in [2.24, 2.45) is 18.9 Å². The minimum atomic E-state index is -0.525. The average Bonchev–Trinajstić information content (AvgIpc) is 2.61. The molecule has 1 N–H and O–H groups in total. The van der Waals surface area contributed by atoms with Crippen LogP contribution in [0.5, 0.6) is 0 Å². The summed E-state index contributed by atoms with van der Waals surface area (Å²) in [5.41, 5.74) is 1.77. The highest BCUT2D eigenvalue weighted by atomic mass is 16.3. The van der Waals surface area contributed by atoms with E-state index in [1.165, 1.54) is 12.1 Å². The largest absolute Gasteiger partial charge is 0.389 e. The van der Waals surface area contributed by atoms with E-state index in [2.05, 4.69) is 31.9 Å². The molecule has 1 aromatic heterocycles. The minimum Gasteiger partial charge on any atom is -0.389 e. The highest BCUT2D eigenvalue weighted by Gasteiger charge is 2.32. The fraction of sp³-hybridized carbons (Fsp3) is 0.824. The van der Waals surface area contributed by atoms with Gasteiger partial charge in [0.1, 0.15) is 0 Å². The first-order chi connectivity index (χ1) is 9.43. The zero-order valence-electron chi connectivity index (χ0n) is 13.5. The molecule has 0 bridgehead atoms. The Labute approximate surface area is 123 Å². The lowest BCUT2D eigenvalue weighted by Crippen LogP contribution is -2.31. The van der Waals surface area contributed by atoms with Crippen LogP contribution in [0.1, 0.15) is 64.3 Å². The van der Waals surface area contributed by atoms with Gasteiger partial charge in [0, 0.05) is 19.2 Å². The zero-order valence-corrected chi connectivity index (χ0v) is 13.5. The van der Waals surface area contributed by atoms with Crippen molar-refractivity contribution in [3.8, 4) is 0 Å². The van der Waals surface area contributed by atoms with Gasteiger partial charge in [-0.25, -0.2) is 0 Å². The molecular weight excluding hydrogens is 248 g/mol. The highest BCUT2D eigenvalue weighted by Crippen LogP contribution is 2.35. The Morgan fingerprint density at radius 2 is 2.15 bits per heavy atom. The van der Waals surface area contributed by atoms with Crippen LogP contribution in [0.4, 0.5) is 0 Å². The summed E-state index contributed by atoms with van der Waals surface area (Å²) in [4.78, 5) is 0. The van der Waals surface area contributed by atoms with Crippen LogP contribution in [-0.4, -0.2) is 20.5 Å². The molecule has 1 aliphatic carbocycles. The highest BCUT2D eigenvalue weighted by molar-refractivity contribution is 5.13. The van der Waals surface area contributed by atoms with E-state index in [4.69, 9.17) is 0 Å². The van der Waals surface area contributed by atoms with Gasteiger partial charge in [-0.15, -0.1) is 0 Å². The van der Waals surface area contributed by atoms with Crippen molar-refractivity contribution in [2.75, 3.05) is 0 Å². The summed E-state index contributed by atoms with van der Waals surface area (Å²) in [6, 6.07) is 2.16. The standard InChI is InChI=1S/C17H30N2O/c1-5-15-11-16(19(4)18-15)12-17(20)9-6-7-14(8-10-17)13(2)3/h11,13-14,20H,5-10,12H2,1-4H3. The second kappa shape index (κ2) is 6.30. The zero-order chi connectivity index (χ0) is 14.8. The van der Waals surface area contributed by atoms with Gasteiger partial charge in [0.2, 0.25) is 0 Å². The topological polar surface area (TPSA) is 38.0 Å². The average molecular weight is 278 g/mol. The number of aromatic nitrogens is 2. The predicted molar refractivity (Wildman–Crippen MR) is 82.7 cm³/mol. The molecule has 2 rings (SSSR count). The van der Waals surface area contributed by atoms with Crippen molar-refractivity contribution in [2.45, 2.75) is 71.3 Å². The number of aryl methyl sites for hydroxylation is 2. The number of rotatable bonds is 4. The molecule has 0 aromatic carbocycles. The van der Waals surface area contributed by atoms with Crippen molar-refractivity contribution in [1.29, 1.82) is 0 Å². The fourth-order valence-corrected chi connectivity index (χ4v) is 3.51. The van der Waals surface area contributed by atoms with Crippen LogP contribution in [0, 0.1) is 11.8 Å². The quantitative estimate of drug-likeness (QED) is 0.856. The van der Waals surface area contributed by atoms with E-state index >= 15 is 0 Å². The van der Waals surface area contributed by atoms with Crippen molar-refractivity contribution >= 4 is 0 Å². The van der Waals surface area contributed by atoms with Crippen LogP contribution in [0.15, 0.2) is 6.07 Å². The molecule has 1 heterocycles. The Kier molecular flexibility index (Phi) is 4.90. The maximum Gasteiger partial charge on any atom is 0.0703 e. The molecule has 1 aromatic rings. The van der Waals surface area contributed by atoms with Crippen LogP contribution in [0.3, 0.4) is 0 Å². The third-order valence-corrected chi connectivity index (χ3v) is 5.04. The molecule has 1 fully saturated rings. The molecule has 2 atom stereocenters. The van der Waals surface area contributed by atoms with E-state index in [9.17, 15) is 5.11 Å². The van der Waals surface area contributed by atoms with E-state index in [0.717, 1.165) is 56.1 Å². The van der Waals surface area contributed by atoms with Crippen LogP contribution >= 0.6 is 0 Å². The molecule has 0 radical (unpaired) electrons. The van der Waals surface area contributed by atoms with Gasteiger partial charge in [-0.1, -0.05) is 33.6 Å². The van der Waals surface area contributed by atoms with E-state index in [-0.39, 0.29) is 0 Å². The number of hydrogen-bond acceptors (Lipinski definition) is 2. The molecule has 3 heteroatoms. The van der Waals surface area contributed by atoms with E-state index in [1.54, 1.807) is 0 Å². The van der Waals surface area contributed by atoms with Gasteiger partial charge in [-0.2, -0.15) is 5.10 Å². The van der Waals surface area contributed by atoms with Crippen molar-refractivity contribution in [3.05, 3.63) is 17.5 Å². The molecule has 2 unspecified atom stereocenters. The summed E-state index contributed by atoms with van der Waals surface area (Å²) in [5, 5.41) is 15.5. The summed E-state index contributed by atoms with van der Waals surface area (Å²) in [6.07, 6.45) is 7.16. The van der Waals surface area contributed by atoms with Gasteiger partial charge in [0.25, 0.3) is 0 Å². The van der Waals surface area contributed by atoms with Gasteiger partial charge < -0.3 is 5.11 Å². The molecule has 0 amide bonds. The second-order valence-electron chi connectivity index (χ2n) is 6.94. The van der Waals surface area contributed by atoms with Crippen molar-refractivity contribution in [3.63, 3.8) is 0 Å². The molecular formula is C17H30N2O. The summed E-state index contributed by atoms with van der Waals surface area (Å²) < 4.78 is 1.95. The molecule has 1 saturated carbocycles. The minimum absolute atomic E-state index is 0.525. The lowest BCUT2D eigenvalue weighted by Gasteiger charge is -2.27. The van der Waals surface area contributed by atoms with Gasteiger partial charge in [0.15, 0.2) is 0 Å². The van der Waals surface area contributed by atoms with Crippen LogP contribution < -0.4 is 0 Å². The van der Waals surface area contributed by atoms with E-state index in [1.807, 2.05) is 11.7 Å². The maximum atomic E-state index is 11.0. The third kappa shape index (κ3) is 3.63. The number of nitrogens with zero attached hydrogens (tertiary/aromatic N) is 2. The summed E-state index contributed by atoms with van der Waals surface area (Å²) >= 11 is 0. The number of aliphatic hydroxyl groups is 1. The first-order valence-corrected chi connectivity index (χ1v) is 8.17.